The van der Waals surface area contributed by atoms with Gasteiger partial charge in [0.05, 0.1) is 0 Å². The van der Waals surface area contributed by atoms with E-state index in [2.05, 4.69) is 26.6 Å². The van der Waals surface area contributed by atoms with E-state index < -0.39 is 6.09 Å². The predicted molar refractivity (Wildman–Crippen MR) is 66.3 cm³/mol. The highest BCUT2D eigenvalue weighted by Gasteiger charge is 2.01. The first-order valence-electron chi connectivity index (χ1n) is 5.02. The zero-order valence-corrected chi connectivity index (χ0v) is 10.7. The van der Waals surface area contributed by atoms with Crippen LogP contribution in [0.4, 0.5) is 4.79 Å². The van der Waals surface area contributed by atoms with E-state index in [0.717, 1.165) is 16.6 Å². The standard InChI is InChI=1S/C11H15BrN2O2/c1-13-5-6-14-11(15)16-8-9-3-2-4-10(12)7-9/h2-4,7,13H,5-6,8H2,1H3,(H,14,15). The van der Waals surface area contributed by atoms with E-state index in [0.29, 0.717) is 6.54 Å². The number of carbonyl (C=O) groups is 1. The molecule has 0 aliphatic carbocycles. The molecule has 0 heterocycles. The van der Waals surface area contributed by atoms with Crippen LogP contribution >= 0.6 is 15.9 Å². The Hall–Kier alpha value is -1.07. The Morgan fingerprint density at radius 2 is 2.25 bits per heavy atom. The van der Waals surface area contributed by atoms with Crippen molar-refractivity contribution in [3.63, 3.8) is 0 Å². The Kier molecular flexibility index (Phi) is 5.88. The van der Waals surface area contributed by atoms with Gasteiger partial charge in [-0.1, -0.05) is 28.1 Å². The second-order valence-electron chi connectivity index (χ2n) is 3.24. The summed E-state index contributed by atoms with van der Waals surface area (Å²) in [6, 6.07) is 7.66. The van der Waals surface area contributed by atoms with E-state index in [4.69, 9.17) is 4.74 Å². The number of hydrogen-bond donors (Lipinski definition) is 2. The van der Waals surface area contributed by atoms with Crippen LogP contribution in [0.5, 0.6) is 0 Å². The fourth-order valence-electron chi connectivity index (χ4n) is 1.12. The summed E-state index contributed by atoms with van der Waals surface area (Å²) < 4.78 is 6.01. The van der Waals surface area contributed by atoms with Crippen LogP contribution in [0.1, 0.15) is 5.56 Å². The van der Waals surface area contributed by atoms with Crippen LogP contribution < -0.4 is 10.6 Å². The van der Waals surface area contributed by atoms with Crippen LogP contribution in [-0.4, -0.2) is 26.2 Å². The third-order valence-electron chi connectivity index (χ3n) is 1.90. The molecule has 0 spiro atoms. The molecular formula is C11H15BrN2O2. The maximum absolute atomic E-state index is 11.2. The summed E-state index contributed by atoms with van der Waals surface area (Å²) in [7, 11) is 1.83. The third-order valence-corrected chi connectivity index (χ3v) is 2.40. The van der Waals surface area contributed by atoms with Crippen molar-refractivity contribution >= 4 is 22.0 Å². The monoisotopic (exact) mass is 286 g/mol. The van der Waals surface area contributed by atoms with Crippen molar-refractivity contribution in [2.24, 2.45) is 0 Å². The molecular weight excluding hydrogens is 272 g/mol. The van der Waals surface area contributed by atoms with E-state index in [1.54, 1.807) is 0 Å². The molecule has 0 bridgehead atoms. The van der Waals surface area contributed by atoms with Gasteiger partial charge in [0, 0.05) is 17.6 Å². The van der Waals surface area contributed by atoms with Gasteiger partial charge < -0.3 is 15.4 Å². The zero-order valence-electron chi connectivity index (χ0n) is 9.13. The molecule has 88 valence electrons. The predicted octanol–water partition coefficient (Wildman–Crippen LogP) is 1.89. The van der Waals surface area contributed by atoms with Crippen LogP contribution in [-0.2, 0) is 11.3 Å². The van der Waals surface area contributed by atoms with E-state index in [1.165, 1.54) is 0 Å². The molecule has 1 amide bonds. The SMILES string of the molecule is CNCCNC(=O)OCc1cccc(Br)c1. The molecule has 0 aliphatic heterocycles. The van der Waals surface area contributed by atoms with Gasteiger partial charge in [-0.15, -0.1) is 0 Å². The van der Waals surface area contributed by atoms with Gasteiger partial charge in [-0.3, -0.25) is 0 Å². The van der Waals surface area contributed by atoms with Crippen molar-refractivity contribution in [2.75, 3.05) is 20.1 Å². The molecule has 1 aromatic carbocycles. The number of alkyl carbamates (subject to hydrolysis) is 1. The topological polar surface area (TPSA) is 50.4 Å². The van der Waals surface area contributed by atoms with E-state index in [1.807, 2.05) is 31.3 Å². The molecule has 1 aromatic rings. The van der Waals surface area contributed by atoms with Gasteiger partial charge in [-0.25, -0.2) is 4.79 Å². The molecule has 0 unspecified atom stereocenters. The number of hydrogen-bond acceptors (Lipinski definition) is 3. The number of likely N-dealkylation sites (N-methyl/N-ethyl adjacent to an activating group) is 1. The summed E-state index contributed by atoms with van der Waals surface area (Å²) in [5.74, 6) is 0. The van der Waals surface area contributed by atoms with Gasteiger partial charge in [0.15, 0.2) is 0 Å². The lowest BCUT2D eigenvalue weighted by atomic mass is 10.2. The number of carbonyl (C=O) groups excluding carboxylic acids is 1. The molecule has 0 aliphatic rings. The van der Waals surface area contributed by atoms with E-state index in [9.17, 15) is 4.79 Å². The summed E-state index contributed by atoms with van der Waals surface area (Å²) in [6.07, 6.45) is -0.393. The van der Waals surface area contributed by atoms with Gasteiger partial charge in [-0.05, 0) is 24.7 Å². The van der Waals surface area contributed by atoms with E-state index in [-0.39, 0.29) is 6.61 Å². The van der Waals surface area contributed by atoms with Gasteiger partial charge in [0.1, 0.15) is 6.61 Å². The number of halogens is 1. The van der Waals surface area contributed by atoms with Gasteiger partial charge >= 0.3 is 6.09 Å². The van der Waals surface area contributed by atoms with Gasteiger partial charge in [0.25, 0.3) is 0 Å². The Balaban J connectivity index is 2.26. The number of ether oxygens (including phenoxy) is 1. The van der Waals surface area contributed by atoms with Gasteiger partial charge in [0.2, 0.25) is 0 Å². The Labute approximate surface area is 103 Å². The zero-order chi connectivity index (χ0) is 11.8. The molecule has 4 nitrogen and oxygen atoms in total. The maximum atomic E-state index is 11.2. The van der Waals surface area contributed by atoms with Crippen molar-refractivity contribution in [3.8, 4) is 0 Å². The Morgan fingerprint density at radius 1 is 1.44 bits per heavy atom. The average molecular weight is 287 g/mol. The van der Waals surface area contributed by atoms with E-state index >= 15 is 0 Å². The number of amides is 1. The highest BCUT2D eigenvalue weighted by molar-refractivity contribution is 9.10. The molecule has 2 N–H and O–H groups in total. The van der Waals surface area contributed by atoms with Crippen LogP contribution in [0.2, 0.25) is 0 Å². The van der Waals surface area contributed by atoms with Crippen LogP contribution in [0.15, 0.2) is 28.7 Å². The number of benzene rings is 1. The molecule has 0 saturated carbocycles. The highest BCUT2D eigenvalue weighted by Crippen LogP contribution is 2.12. The maximum Gasteiger partial charge on any atom is 0.407 e. The summed E-state index contributed by atoms with van der Waals surface area (Å²) in [6.45, 7) is 1.57. The first-order chi connectivity index (χ1) is 7.72. The summed E-state index contributed by atoms with van der Waals surface area (Å²) in [4.78, 5) is 11.2. The molecule has 16 heavy (non-hydrogen) atoms. The molecule has 1 rings (SSSR count). The minimum atomic E-state index is -0.393. The Bertz CT molecular complexity index is 345. The minimum Gasteiger partial charge on any atom is -0.445 e. The number of nitrogens with one attached hydrogen (secondary N) is 2. The summed E-state index contributed by atoms with van der Waals surface area (Å²) in [5, 5.41) is 5.56. The quantitative estimate of drug-likeness (QED) is 0.813. The molecule has 0 fully saturated rings. The largest absolute Gasteiger partial charge is 0.445 e. The fraction of sp³-hybridized carbons (Fsp3) is 0.364. The molecule has 5 heteroatoms. The second-order valence-corrected chi connectivity index (χ2v) is 4.15. The minimum absolute atomic E-state index is 0.283. The second kappa shape index (κ2) is 7.24. The van der Waals surface area contributed by atoms with Gasteiger partial charge in [-0.2, -0.15) is 0 Å². The molecule has 0 radical (unpaired) electrons. The lowest BCUT2D eigenvalue weighted by Gasteiger charge is -2.06. The Morgan fingerprint density at radius 3 is 2.94 bits per heavy atom. The van der Waals surface area contributed by atoms with Crippen molar-refractivity contribution in [2.45, 2.75) is 6.61 Å². The molecule has 0 aromatic heterocycles. The lowest BCUT2D eigenvalue weighted by Crippen LogP contribution is -2.30. The summed E-state index contributed by atoms with van der Waals surface area (Å²) >= 11 is 3.36. The fourth-order valence-corrected chi connectivity index (χ4v) is 1.56. The summed E-state index contributed by atoms with van der Waals surface area (Å²) in [5.41, 5.74) is 0.957. The van der Waals surface area contributed by atoms with Crippen LogP contribution in [0, 0.1) is 0 Å². The average Bonchev–Trinajstić information content (AvgIpc) is 2.27. The first-order valence-corrected chi connectivity index (χ1v) is 5.81. The normalized spacial score (nSPS) is 9.88. The molecule has 0 atom stereocenters. The van der Waals surface area contributed by atoms with Crippen LogP contribution in [0.3, 0.4) is 0 Å². The molecule has 0 saturated heterocycles. The highest BCUT2D eigenvalue weighted by atomic mass is 79.9. The smallest absolute Gasteiger partial charge is 0.407 e. The first kappa shape index (κ1) is 13.0. The lowest BCUT2D eigenvalue weighted by molar-refractivity contribution is 0.140. The number of rotatable bonds is 5. The van der Waals surface area contributed by atoms with Crippen molar-refractivity contribution in [1.82, 2.24) is 10.6 Å². The van der Waals surface area contributed by atoms with Crippen molar-refractivity contribution in [1.29, 1.82) is 0 Å². The van der Waals surface area contributed by atoms with Crippen molar-refractivity contribution in [3.05, 3.63) is 34.3 Å². The third kappa shape index (κ3) is 5.14. The van der Waals surface area contributed by atoms with Crippen LogP contribution in [0.25, 0.3) is 0 Å². The van der Waals surface area contributed by atoms with Crippen molar-refractivity contribution < 1.29 is 9.53 Å².